The molecule has 1 aromatic rings. The van der Waals surface area contributed by atoms with Crippen molar-refractivity contribution in [3.05, 3.63) is 35.9 Å². The van der Waals surface area contributed by atoms with Gasteiger partial charge in [0.25, 0.3) is 0 Å². The van der Waals surface area contributed by atoms with Crippen molar-refractivity contribution in [2.75, 3.05) is 13.2 Å². The van der Waals surface area contributed by atoms with Crippen LogP contribution in [0.15, 0.2) is 30.3 Å². The molecule has 0 bridgehead atoms. The fourth-order valence-electron chi connectivity index (χ4n) is 2.89. The average Bonchev–Trinajstić information content (AvgIpc) is 2.83. The van der Waals surface area contributed by atoms with Crippen LogP contribution in [0.25, 0.3) is 0 Å². The molecule has 0 spiro atoms. The highest BCUT2D eigenvalue weighted by atomic mass is 16.3. The normalized spacial score (nSPS) is 23.9. The van der Waals surface area contributed by atoms with E-state index in [4.69, 9.17) is 5.11 Å². The van der Waals surface area contributed by atoms with E-state index in [1.54, 1.807) is 4.90 Å². The minimum atomic E-state index is -0.622. The van der Waals surface area contributed by atoms with Gasteiger partial charge in [0.1, 0.15) is 6.29 Å². The van der Waals surface area contributed by atoms with E-state index in [9.17, 15) is 9.59 Å². The van der Waals surface area contributed by atoms with E-state index < -0.39 is 5.41 Å². The van der Waals surface area contributed by atoms with Gasteiger partial charge in [0, 0.05) is 19.6 Å². The first-order chi connectivity index (χ1) is 9.62. The molecule has 0 saturated carbocycles. The number of hydrogen-bond donors (Lipinski definition) is 1. The Kier molecular flexibility index (Phi) is 4.55. The summed E-state index contributed by atoms with van der Waals surface area (Å²) in [5.74, 6) is 0.0198. The molecule has 4 heteroatoms. The number of carbonyl (C=O) groups excluding carboxylic acids is 2. The van der Waals surface area contributed by atoms with Gasteiger partial charge >= 0.3 is 0 Å². The standard InChI is InChI=1S/C16H21NO3/c1-13(14-6-3-2-4-7-14)17-11-16(12-19,8-5-9-18)10-15(17)20/h2-4,6-7,12-13,18H,5,8-11H2,1H3/t13-,16+/m1/s1. The molecular formula is C16H21NO3. The monoisotopic (exact) mass is 275 g/mol. The maximum Gasteiger partial charge on any atom is 0.224 e. The first-order valence-corrected chi connectivity index (χ1v) is 7.03. The van der Waals surface area contributed by atoms with Crippen LogP contribution in [0.3, 0.4) is 0 Å². The van der Waals surface area contributed by atoms with Gasteiger partial charge in [-0.15, -0.1) is 0 Å². The van der Waals surface area contributed by atoms with Crippen LogP contribution < -0.4 is 0 Å². The molecule has 0 unspecified atom stereocenters. The van der Waals surface area contributed by atoms with E-state index in [-0.39, 0.29) is 25.0 Å². The largest absolute Gasteiger partial charge is 0.396 e. The van der Waals surface area contributed by atoms with Gasteiger partial charge in [0.15, 0.2) is 0 Å². The number of likely N-dealkylation sites (tertiary alicyclic amines) is 1. The van der Waals surface area contributed by atoms with Crippen molar-refractivity contribution in [3.63, 3.8) is 0 Å². The van der Waals surface area contributed by atoms with E-state index in [0.717, 1.165) is 11.8 Å². The van der Waals surface area contributed by atoms with Crippen LogP contribution in [0.5, 0.6) is 0 Å². The SMILES string of the molecule is C[C@H](c1ccccc1)N1C[C@](C=O)(CCCO)CC1=O. The fourth-order valence-corrected chi connectivity index (χ4v) is 2.89. The minimum absolute atomic E-state index is 0.0198. The smallest absolute Gasteiger partial charge is 0.224 e. The molecule has 1 heterocycles. The number of hydrogen-bond acceptors (Lipinski definition) is 3. The zero-order valence-electron chi connectivity index (χ0n) is 11.8. The minimum Gasteiger partial charge on any atom is -0.396 e. The van der Waals surface area contributed by atoms with Crippen LogP contribution in [0.2, 0.25) is 0 Å². The molecule has 1 N–H and O–H groups in total. The summed E-state index contributed by atoms with van der Waals surface area (Å²) in [5.41, 5.74) is 0.452. The first kappa shape index (κ1) is 14.7. The number of aliphatic hydroxyl groups excluding tert-OH is 1. The third kappa shape index (κ3) is 2.90. The summed E-state index contributed by atoms with van der Waals surface area (Å²) >= 11 is 0. The van der Waals surface area contributed by atoms with Crippen molar-refractivity contribution in [3.8, 4) is 0 Å². The molecule has 108 valence electrons. The molecule has 0 radical (unpaired) electrons. The molecule has 20 heavy (non-hydrogen) atoms. The van der Waals surface area contributed by atoms with Gasteiger partial charge in [-0.05, 0) is 25.3 Å². The Morgan fingerprint density at radius 2 is 2.10 bits per heavy atom. The van der Waals surface area contributed by atoms with Crippen LogP contribution in [0, 0.1) is 5.41 Å². The van der Waals surface area contributed by atoms with Gasteiger partial charge in [-0.3, -0.25) is 4.79 Å². The number of nitrogens with zero attached hydrogens (tertiary/aromatic N) is 1. The molecule has 1 saturated heterocycles. The molecular weight excluding hydrogens is 254 g/mol. The number of aliphatic hydroxyl groups is 1. The molecule has 2 atom stereocenters. The first-order valence-electron chi connectivity index (χ1n) is 7.03. The second-order valence-electron chi connectivity index (χ2n) is 5.59. The molecule has 1 amide bonds. The lowest BCUT2D eigenvalue weighted by Crippen LogP contribution is -2.32. The van der Waals surface area contributed by atoms with Gasteiger partial charge in [-0.1, -0.05) is 30.3 Å². The van der Waals surface area contributed by atoms with Crippen LogP contribution in [-0.2, 0) is 9.59 Å². The Bertz CT molecular complexity index is 474. The third-order valence-electron chi connectivity index (χ3n) is 4.14. The number of amides is 1. The molecule has 0 aromatic heterocycles. The van der Waals surface area contributed by atoms with Crippen LogP contribution in [0.4, 0.5) is 0 Å². The lowest BCUT2D eigenvalue weighted by Gasteiger charge is -2.27. The van der Waals surface area contributed by atoms with E-state index in [1.165, 1.54) is 0 Å². The quantitative estimate of drug-likeness (QED) is 0.807. The second kappa shape index (κ2) is 6.18. The van der Waals surface area contributed by atoms with Crippen molar-refractivity contribution < 1.29 is 14.7 Å². The highest BCUT2D eigenvalue weighted by Gasteiger charge is 2.44. The molecule has 1 aliphatic heterocycles. The van der Waals surface area contributed by atoms with Gasteiger partial charge in [0.2, 0.25) is 5.91 Å². The second-order valence-corrected chi connectivity index (χ2v) is 5.59. The molecule has 4 nitrogen and oxygen atoms in total. The number of aldehydes is 1. The summed E-state index contributed by atoms with van der Waals surface area (Å²) in [6.45, 7) is 2.49. The van der Waals surface area contributed by atoms with E-state index in [1.807, 2.05) is 37.3 Å². The highest BCUT2D eigenvalue weighted by Crippen LogP contribution is 2.38. The number of carbonyl (C=O) groups is 2. The zero-order chi connectivity index (χ0) is 14.6. The lowest BCUT2D eigenvalue weighted by molar-refractivity contribution is -0.129. The number of rotatable bonds is 6. The Hall–Kier alpha value is -1.68. The third-order valence-corrected chi connectivity index (χ3v) is 4.14. The molecule has 1 aliphatic rings. The average molecular weight is 275 g/mol. The summed E-state index contributed by atoms with van der Waals surface area (Å²) in [6.07, 6.45) is 2.28. The summed E-state index contributed by atoms with van der Waals surface area (Å²) < 4.78 is 0. The molecule has 2 rings (SSSR count). The van der Waals surface area contributed by atoms with Gasteiger partial charge in [-0.25, -0.2) is 0 Å². The van der Waals surface area contributed by atoms with Gasteiger partial charge in [-0.2, -0.15) is 0 Å². The van der Waals surface area contributed by atoms with Crippen molar-refractivity contribution in [2.24, 2.45) is 5.41 Å². The lowest BCUT2D eigenvalue weighted by atomic mass is 9.84. The van der Waals surface area contributed by atoms with Crippen molar-refractivity contribution in [1.82, 2.24) is 4.90 Å². The van der Waals surface area contributed by atoms with Crippen LogP contribution in [0.1, 0.15) is 37.8 Å². The van der Waals surface area contributed by atoms with Crippen molar-refractivity contribution in [2.45, 2.75) is 32.2 Å². The maximum absolute atomic E-state index is 12.2. The topological polar surface area (TPSA) is 57.6 Å². The maximum atomic E-state index is 12.2. The number of benzene rings is 1. The Balaban J connectivity index is 2.14. The zero-order valence-corrected chi connectivity index (χ0v) is 11.8. The Morgan fingerprint density at radius 3 is 2.70 bits per heavy atom. The van der Waals surface area contributed by atoms with Crippen molar-refractivity contribution in [1.29, 1.82) is 0 Å². The predicted molar refractivity (Wildman–Crippen MR) is 76.0 cm³/mol. The van der Waals surface area contributed by atoms with Crippen LogP contribution >= 0.6 is 0 Å². The fraction of sp³-hybridized carbons (Fsp3) is 0.500. The van der Waals surface area contributed by atoms with Crippen molar-refractivity contribution >= 4 is 12.2 Å². The Morgan fingerprint density at radius 1 is 1.40 bits per heavy atom. The van der Waals surface area contributed by atoms with Gasteiger partial charge in [0.05, 0.1) is 11.5 Å². The summed E-state index contributed by atoms with van der Waals surface area (Å²) in [5, 5.41) is 8.94. The summed E-state index contributed by atoms with van der Waals surface area (Å²) in [7, 11) is 0. The summed E-state index contributed by atoms with van der Waals surface area (Å²) in [6, 6.07) is 9.80. The Labute approximate surface area is 119 Å². The van der Waals surface area contributed by atoms with Crippen LogP contribution in [-0.4, -0.2) is 35.4 Å². The van der Waals surface area contributed by atoms with E-state index >= 15 is 0 Å². The predicted octanol–water partition coefficient (Wildman–Crippen LogP) is 1.94. The molecule has 1 fully saturated rings. The van der Waals surface area contributed by atoms with E-state index in [2.05, 4.69) is 0 Å². The van der Waals surface area contributed by atoms with E-state index in [0.29, 0.717) is 19.4 Å². The summed E-state index contributed by atoms with van der Waals surface area (Å²) in [4.78, 5) is 25.4. The van der Waals surface area contributed by atoms with Gasteiger partial charge < -0.3 is 14.8 Å². The molecule has 0 aliphatic carbocycles. The highest BCUT2D eigenvalue weighted by molar-refractivity contribution is 5.85. The molecule has 1 aromatic carbocycles.